The van der Waals surface area contributed by atoms with Crippen LogP contribution in [0.15, 0.2) is 29.2 Å². The Morgan fingerprint density at radius 2 is 1.91 bits per heavy atom. The molecule has 0 saturated heterocycles. The molecule has 6 heteroatoms. The first-order valence-corrected chi connectivity index (χ1v) is 8.76. The van der Waals surface area contributed by atoms with Gasteiger partial charge in [0.15, 0.2) is 5.78 Å². The summed E-state index contributed by atoms with van der Waals surface area (Å²) in [4.78, 5) is 25.2. The number of thiophene rings is 1. The van der Waals surface area contributed by atoms with Crippen LogP contribution in [0.3, 0.4) is 0 Å². The SMILES string of the molecule is CC(=O)c1sc(NC(=O)CSc2ccc(C)cc2)c(C#N)c1C. The molecule has 1 heterocycles. The van der Waals surface area contributed by atoms with Gasteiger partial charge in [-0.3, -0.25) is 9.59 Å². The number of nitrogens with one attached hydrogen (secondary N) is 1. The number of hydrogen-bond donors (Lipinski definition) is 1. The number of nitriles is 1. The van der Waals surface area contributed by atoms with E-state index in [9.17, 15) is 14.9 Å². The normalized spacial score (nSPS) is 10.2. The summed E-state index contributed by atoms with van der Waals surface area (Å²) < 4.78 is 0. The van der Waals surface area contributed by atoms with Gasteiger partial charge in [0.25, 0.3) is 0 Å². The Hall–Kier alpha value is -2.10. The van der Waals surface area contributed by atoms with Crippen LogP contribution in [-0.2, 0) is 4.79 Å². The van der Waals surface area contributed by atoms with Gasteiger partial charge in [0.2, 0.25) is 5.91 Å². The number of thioether (sulfide) groups is 1. The predicted molar refractivity (Wildman–Crippen MR) is 94.3 cm³/mol. The third-order valence-corrected chi connectivity index (χ3v) is 5.54. The fourth-order valence-electron chi connectivity index (χ4n) is 2.02. The molecule has 0 unspecified atom stereocenters. The van der Waals surface area contributed by atoms with Crippen molar-refractivity contribution in [2.45, 2.75) is 25.7 Å². The molecule has 0 fully saturated rings. The van der Waals surface area contributed by atoms with Crippen LogP contribution in [0, 0.1) is 25.2 Å². The van der Waals surface area contributed by atoms with Crippen LogP contribution in [0.4, 0.5) is 5.00 Å². The van der Waals surface area contributed by atoms with Crippen molar-refractivity contribution in [3.05, 3.63) is 45.8 Å². The lowest BCUT2D eigenvalue weighted by Crippen LogP contribution is -2.13. The zero-order chi connectivity index (χ0) is 17.0. The topological polar surface area (TPSA) is 70.0 Å². The maximum atomic E-state index is 12.1. The molecule has 0 saturated carbocycles. The van der Waals surface area contributed by atoms with E-state index >= 15 is 0 Å². The first-order chi connectivity index (χ1) is 10.9. The Labute approximate surface area is 143 Å². The van der Waals surface area contributed by atoms with E-state index in [1.165, 1.54) is 24.2 Å². The molecule has 1 amide bonds. The lowest BCUT2D eigenvalue weighted by molar-refractivity contribution is -0.113. The highest BCUT2D eigenvalue weighted by atomic mass is 32.2. The van der Waals surface area contributed by atoms with Crippen LogP contribution in [-0.4, -0.2) is 17.4 Å². The van der Waals surface area contributed by atoms with Crippen LogP contribution in [0.1, 0.15) is 33.3 Å². The van der Waals surface area contributed by atoms with E-state index in [0.29, 0.717) is 21.0 Å². The van der Waals surface area contributed by atoms with E-state index in [2.05, 4.69) is 11.4 Å². The van der Waals surface area contributed by atoms with E-state index in [0.717, 1.165) is 16.2 Å². The third-order valence-electron chi connectivity index (χ3n) is 3.22. The zero-order valence-electron chi connectivity index (χ0n) is 13.1. The molecule has 1 N–H and O–H groups in total. The van der Waals surface area contributed by atoms with Gasteiger partial charge in [0.05, 0.1) is 16.2 Å². The van der Waals surface area contributed by atoms with Gasteiger partial charge >= 0.3 is 0 Å². The Bertz CT molecular complexity index is 786. The van der Waals surface area contributed by atoms with Gasteiger partial charge in [0, 0.05) is 4.90 Å². The van der Waals surface area contributed by atoms with E-state index in [1.807, 2.05) is 31.2 Å². The monoisotopic (exact) mass is 344 g/mol. The van der Waals surface area contributed by atoms with E-state index in [1.54, 1.807) is 6.92 Å². The van der Waals surface area contributed by atoms with Crippen molar-refractivity contribution in [2.24, 2.45) is 0 Å². The molecule has 0 spiro atoms. The Balaban J connectivity index is 2.05. The lowest BCUT2D eigenvalue weighted by Gasteiger charge is -2.04. The maximum Gasteiger partial charge on any atom is 0.235 e. The molecule has 0 radical (unpaired) electrons. The van der Waals surface area contributed by atoms with Crippen molar-refractivity contribution >= 4 is 39.8 Å². The van der Waals surface area contributed by atoms with Gasteiger partial charge in [-0.25, -0.2) is 0 Å². The standard InChI is InChI=1S/C17H16N2O2S2/c1-10-4-6-13(7-5-10)22-9-15(21)19-17-14(8-18)11(2)16(23-17)12(3)20/h4-7H,9H2,1-3H3,(H,19,21). The number of ketones is 1. The number of hydrogen-bond acceptors (Lipinski definition) is 5. The van der Waals surface area contributed by atoms with Gasteiger partial charge in [-0.1, -0.05) is 17.7 Å². The summed E-state index contributed by atoms with van der Waals surface area (Å²) in [6, 6.07) is 9.99. The van der Waals surface area contributed by atoms with Crippen molar-refractivity contribution in [3.8, 4) is 6.07 Å². The van der Waals surface area contributed by atoms with Gasteiger partial charge in [-0.2, -0.15) is 5.26 Å². The fraction of sp³-hybridized carbons (Fsp3) is 0.235. The molecular weight excluding hydrogens is 328 g/mol. The molecule has 23 heavy (non-hydrogen) atoms. The second-order valence-electron chi connectivity index (χ2n) is 5.08. The fourth-order valence-corrected chi connectivity index (χ4v) is 3.79. The minimum Gasteiger partial charge on any atom is -0.316 e. The first-order valence-electron chi connectivity index (χ1n) is 6.96. The van der Waals surface area contributed by atoms with Crippen LogP contribution in [0.2, 0.25) is 0 Å². The number of nitrogens with zero attached hydrogens (tertiary/aromatic N) is 1. The van der Waals surface area contributed by atoms with Crippen molar-refractivity contribution in [1.29, 1.82) is 5.26 Å². The first kappa shape index (κ1) is 17.3. The molecule has 2 aromatic rings. The number of carbonyl (C=O) groups is 2. The third kappa shape index (κ3) is 4.21. The number of rotatable bonds is 5. The van der Waals surface area contributed by atoms with Crippen molar-refractivity contribution in [2.75, 3.05) is 11.1 Å². The highest BCUT2D eigenvalue weighted by Crippen LogP contribution is 2.33. The summed E-state index contributed by atoms with van der Waals surface area (Å²) in [5.41, 5.74) is 2.17. The van der Waals surface area contributed by atoms with Gasteiger partial charge in [0.1, 0.15) is 11.1 Å². The minimum absolute atomic E-state index is 0.0986. The van der Waals surface area contributed by atoms with Crippen LogP contribution < -0.4 is 5.32 Å². The summed E-state index contributed by atoms with van der Waals surface area (Å²) in [7, 11) is 0. The number of benzene rings is 1. The predicted octanol–water partition coefficient (Wildman–Crippen LogP) is 4.17. The number of amides is 1. The Kier molecular flexibility index (Phi) is 5.59. The number of anilines is 1. The van der Waals surface area contributed by atoms with E-state index < -0.39 is 0 Å². The largest absolute Gasteiger partial charge is 0.316 e. The lowest BCUT2D eigenvalue weighted by atomic mass is 10.1. The molecule has 1 aromatic heterocycles. The minimum atomic E-state index is -0.191. The van der Waals surface area contributed by atoms with E-state index in [4.69, 9.17) is 0 Å². The summed E-state index contributed by atoms with van der Waals surface area (Å²) in [6.07, 6.45) is 0. The molecule has 0 aliphatic heterocycles. The van der Waals surface area contributed by atoms with Gasteiger partial charge < -0.3 is 5.32 Å². The molecule has 0 aliphatic rings. The quantitative estimate of drug-likeness (QED) is 0.653. The molecule has 0 aliphatic carbocycles. The van der Waals surface area contributed by atoms with Crippen molar-refractivity contribution < 1.29 is 9.59 Å². The van der Waals surface area contributed by atoms with Gasteiger partial charge in [-0.15, -0.1) is 23.1 Å². The van der Waals surface area contributed by atoms with E-state index in [-0.39, 0.29) is 17.4 Å². The van der Waals surface area contributed by atoms with Crippen molar-refractivity contribution in [3.63, 3.8) is 0 Å². The van der Waals surface area contributed by atoms with Crippen LogP contribution in [0.5, 0.6) is 0 Å². The van der Waals surface area contributed by atoms with Crippen LogP contribution >= 0.6 is 23.1 Å². The summed E-state index contributed by atoms with van der Waals surface area (Å²) in [5, 5.41) is 12.4. The molecule has 0 atom stereocenters. The molecular formula is C17H16N2O2S2. The number of carbonyl (C=O) groups excluding carboxylic acids is 2. The Morgan fingerprint density at radius 1 is 1.26 bits per heavy atom. The molecule has 0 bridgehead atoms. The molecule has 2 rings (SSSR count). The smallest absolute Gasteiger partial charge is 0.235 e. The molecule has 4 nitrogen and oxygen atoms in total. The number of aryl methyl sites for hydroxylation is 1. The second kappa shape index (κ2) is 7.44. The second-order valence-corrected chi connectivity index (χ2v) is 7.15. The summed E-state index contributed by atoms with van der Waals surface area (Å²) >= 11 is 2.59. The summed E-state index contributed by atoms with van der Waals surface area (Å²) in [6.45, 7) is 5.19. The van der Waals surface area contributed by atoms with Crippen molar-refractivity contribution in [1.82, 2.24) is 0 Å². The van der Waals surface area contributed by atoms with Crippen LogP contribution in [0.25, 0.3) is 0 Å². The number of Topliss-reactive ketones (excluding diaryl/α,β-unsaturated/α-hetero) is 1. The highest BCUT2D eigenvalue weighted by molar-refractivity contribution is 8.00. The highest BCUT2D eigenvalue weighted by Gasteiger charge is 2.19. The average Bonchev–Trinajstić information content (AvgIpc) is 2.82. The zero-order valence-corrected chi connectivity index (χ0v) is 14.7. The van der Waals surface area contributed by atoms with Gasteiger partial charge in [-0.05, 0) is 38.5 Å². The molecule has 118 valence electrons. The Morgan fingerprint density at radius 3 is 2.48 bits per heavy atom. The summed E-state index contributed by atoms with van der Waals surface area (Å²) in [5.74, 6) is -0.0396. The maximum absolute atomic E-state index is 12.1. The average molecular weight is 344 g/mol. The molecule has 1 aromatic carbocycles.